The predicted molar refractivity (Wildman–Crippen MR) is 153 cm³/mol. The quantitative estimate of drug-likeness (QED) is 0.161. The molecule has 2 aromatic rings. The molecular formula is C31H31N3O5. The van der Waals surface area contributed by atoms with Crippen LogP contribution in [0.25, 0.3) is 45.1 Å². The summed E-state index contributed by atoms with van der Waals surface area (Å²) in [5, 5.41) is 9.45. The molecule has 0 aromatic heterocycles. The van der Waals surface area contributed by atoms with Crippen molar-refractivity contribution in [3.8, 4) is 28.7 Å². The van der Waals surface area contributed by atoms with E-state index in [0.29, 0.717) is 45.5 Å². The molecule has 0 saturated heterocycles. The van der Waals surface area contributed by atoms with Crippen LogP contribution in [0, 0.1) is 7.43 Å². The number of hydrogen-bond donors (Lipinski definition) is 2. The van der Waals surface area contributed by atoms with Gasteiger partial charge in [0, 0.05) is 41.6 Å². The summed E-state index contributed by atoms with van der Waals surface area (Å²) in [6.45, 7) is 8.23. The fourth-order valence-corrected chi connectivity index (χ4v) is 4.43. The third-order valence-electron chi connectivity index (χ3n) is 6.31. The summed E-state index contributed by atoms with van der Waals surface area (Å²) in [6.07, 6.45) is 0. The van der Waals surface area contributed by atoms with Gasteiger partial charge in [0.2, 0.25) is 17.0 Å². The molecular weight excluding hydrogens is 494 g/mol. The van der Waals surface area contributed by atoms with Gasteiger partial charge in [-0.1, -0.05) is 27.7 Å². The number of benzene rings is 4. The van der Waals surface area contributed by atoms with Gasteiger partial charge in [0.25, 0.3) is 5.52 Å². The fraction of sp³-hybridized carbons (Fsp3) is 0.194. The second-order valence-electron chi connectivity index (χ2n) is 9.90. The van der Waals surface area contributed by atoms with Crippen molar-refractivity contribution in [1.82, 2.24) is 4.98 Å². The monoisotopic (exact) mass is 525 g/mol. The van der Waals surface area contributed by atoms with Crippen LogP contribution in [-0.4, -0.2) is 10.1 Å². The van der Waals surface area contributed by atoms with E-state index in [4.69, 9.17) is 14.6 Å². The van der Waals surface area contributed by atoms with E-state index in [1.807, 2.05) is 19.9 Å². The Morgan fingerprint density at radius 2 is 1.49 bits per heavy atom. The maximum Gasteiger partial charge on any atom is 0.250 e. The number of anilines is 1. The summed E-state index contributed by atoms with van der Waals surface area (Å²) in [6, 6.07) is 16.2. The molecule has 2 heterocycles. The molecule has 0 amide bonds. The van der Waals surface area contributed by atoms with Gasteiger partial charge in [-0.05, 0) is 47.7 Å². The number of nitrogens with zero attached hydrogens (tertiary/aromatic N) is 1. The Bertz CT molecular complexity index is 1850. The number of phenols is 1. The molecule has 0 saturated carbocycles. The first kappa shape index (κ1) is 27.3. The summed E-state index contributed by atoms with van der Waals surface area (Å²) in [4.78, 5) is 30.9. The van der Waals surface area contributed by atoms with Crippen LogP contribution in [0.5, 0.6) is 5.75 Å². The number of H-pyrrole nitrogens is 1. The minimum atomic E-state index is -0.0961. The zero-order valence-corrected chi connectivity index (χ0v) is 22.5. The highest BCUT2D eigenvalue weighted by molar-refractivity contribution is 5.80. The minimum absolute atomic E-state index is 0. The van der Waals surface area contributed by atoms with Crippen molar-refractivity contribution in [2.75, 3.05) is 5.73 Å². The number of aromatic amines is 1. The van der Waals surface area contributed by atoms with Crippen molar-refractivity contribution in [3.05, 3.63) is 99.7 Å². The number of hydrogen-bond acceptors (Lipinski definition) is 7. The van der Waals surface area contributed by atoms with Crippen LogP contribution >= 0.6 is 0 Å². The van der Waals surface area contributed by atoms with Crippen molar-refractivity contribution < 1.29 is 18.9 Å². The van der Waals surface area contributed by atoms with E-state index in [1.54, 1.807) is 30.3 Å². The molecule has 6 rings (SSSR count). The number of nitrogens with one attached hydrogen (secondary N) is 1. The summed E-state index contributed by atoms with van der Waals surface area (Å²) in [5.74, 6) is 1.62. The summed E-state index contributed by atoms with van der Waals surface area (Å²) < 4.78 is 11.5. The number of aromatic hydroxyl groups is 1. The molecule has 0 spiro atoms. The number of nitrogen functional groups attached to an aromatic ring is 1. The Kier molecular flexibility index (Phi) is 7.40. The van der Waals surface area contributed by atoms with Crippen molar-refractivity contribution in [2.45, 2.75) is 39.5 Å². The Morgan fingerprint density at radius 1 is 0.795 bits per heavy atom. The van der Waals surface area contributed by atoms with Crippen LogP contribution < -0.4 is 21.6 Å². The fourth-order valence-electron chi connectivity index (χ4n) is 4.43. The molecule has 0 bridgehead atoms. The highest BCUT2D eigenvalue weighted by Gasteiger charge is 2.20. The second kappa shape index (κ2) is 10.6. The van der Waals surface area contributed by atoms with Crippen LogP contribution in [0.4, 0.5) is 5.69 Å². The predicted octanol–water partition coefficient (Wildman–Crippen LogP) is 5.99. The molecule has 0 unspecified atom stereocenters. The molecule has 8 heteroatoms. The standard InChI is InChI=1S/C15H14N2O2.C15H13NO3.CH3/c1-8(2)11-5-9(16)6-14-15(11)17-12-4-3-10(18)7-13(12)19-14;1-8(2)11-5-10(18)7-14-15(11)16-12-4-3-9(17)6-13(12)19-14;/h3-8H,16H2,1-2H3;3-8,17H,1-2H3;1H3/q;;-1/p+1. The molecule has 0 radical (unpaired) electrons. The van der Waals surface area contributed by atoms with Crippen molar-refractivity contribution >= 4 is 27.9 Å². The van der Waals surface area contributed by atoms with E-state index in [0.717, 1.165) is 22.3 Å². The number of rotatable bonds is 2. The normalized spacial score (nSPS) is 11.2. The SMILES string of the molecule is CC(C)c1cc(=O)cc2oc3cc(O)ccc3nc1-2.CC(C)c1cc(N)cc2oc3cc(=O)ccc-3[nH+]c12.[CH3-]. The van der Waals surface area contributed by atoms with Crippen LogP contribution in [-0.2, 0) is 0 Å². The Hall–Kier alpha value is -4.72. The Labute approximate surface area is 225 Å². The summed E-state index contributed by atoms with van der Waals surface area (Å²) in [7, 11) is 0. The van der Waals surface area contributed by atoms with E-state index in [1.165, 1.54) is 24.3 Å². The van der Waals surface area contributed by atoms with Crippen LogP contribution in [0.1, 0.15) is 50.7 Å². The molecule has 4 aliphatic rings. The lowest BCUT2D eigenvalue weighted by molar-refractivity contribution is -0.334. The van der Waals surface area contributed by atoms with E-state index >= 15 is 0 Å². The van der Waals surface area contributed by atoms with Gasteiger partial charge < -0.3 is 27.1 Å². The lowest BCUT2D eigenvalue weighted by atomic mass is 9.98. The average molecular weight is 526 g/mol. The number of fused-ring (bicyclic) bond motifs is 4. The highest BCUT2D eigenvalue weighted by atomic mass is 16.3. The van der Waals surface area contributed by atoms with Gasteiger partial charge in [0.15, 0.2) is 22.2 Å². The van der Waals surface area contributed by atoms with Crippen LogP contribution in [0.2, 0.25) is 0 Å². The Balaban J connectivity index is 0.000000176. The number of aromatic nitrogens is 2. The third-order valence-corrected chi connectivity index (χ3v) is 6.31. The van der Waals surface area contributed by atoms with Crippen LogP contribution in [0.3, 0.4) is 0 Å². The smallest absolute Gasteiger partial charge is 0.250 e. The van der Waals surface area contributed by atoms with Gasteiger partial charge >= 0.3 is 0 Å². The number of nitrogens with two attached hydrogens (primary N) is 1. The first-order valence-corrected chi connectivity index (χ1v) is 12.4. The van der Waals surface area contributed by atoms with Crippen molar-refractivity contribution in [1.29, 1.82) is 0 Å². The molecule has 0 atom stereocenters. The summed E-state index contributed by atoms with van der Waals surface area (Å²) >= 11 is 0. The van der Waals surface area contributed by atoms with Crippen molar-refractivity contribution in [2.24, 2.45) is 0 Å². The molecule has 0 fully saturated rings. The molecule has 200 valence electrons. The maximum absolute atomic E-state index is 11.7. The first-order chi connectivity index (χ1) is 18.1. The molecule has 8 nitrogen and oxygen atoms in total. The number of phenolic OH excluding ortho intramolecular Hbond substituents is 1. The first-order valence-electron chi connectivity index (χ1n) is 12.4. The van der Waals surface area contributed by atoms with Gasteiger partial charge in [-0.15, -0.1) is 0 Å². The lowest BCUT2D eigenvalue weighted by Crippen LogP contribution is -2.14. The van der Waals surface area contributed by atoms with E-state index < -0.39 is 0 Å². The zero-order chi connectivity index (χ0) is 27.1. The molecule has 2 aliphatic carbocycles. The zero-order valence-electron chi connectivity index (χ0n) is 22.5. The van der Waals surface area contributed by atoms with Gasteiger partial charge in [-0.2, -0.15) is 4.98 Å². The molecule has 4 N–H and O–H groups in total. The van der Waals surface area contributed by atoms with E-state index in [-0.39, 0.29) is 30.0 Å². The minimum Gasteiger partial charge on any atom is -0.508 e. The van der Waals surface area contributed by atoms with Gasteiger partial charge in [0.1, 0.15) is 17.0 Å². The summed E-state index contributed by atoms with van der Waals surface area (Å²) in [5.41, 5.74) is 12.6. The largest absolute Gasteiger partial charge is 0.508 e. The maximum atomic E-state index is 11.7. The topological polar surface area (TPSA) is 134 Å². The molecule has 2 aromatic carbocycles. The third kappa shape index (κ3) is 5.45. The van der Waals surface area contributed by atoms with Gasteiger partial charge in [-0.3, -0.25) is 9.59 Å². The van der Waals surface area contributed by atoms with Gasteiger partial charge in [-0.25, -0.2) is 4.98 Å². The van der Waals surface area contributed by atoms with E-state index in [9.17, 15) is 14.7 Å². The van der Waals surface area contributed by atoms with E-state index in [2.05, 4.69) is 23.8 Å². The van der Waals surface area contributed by atoms with Crippen molar-refractivity contribution in [3.63, 3.8) is 0 Å². The lowest BCUT2D eigenvalue weighted by Gasteiger charge is -2.13. The highest BCUT2D eigenvalue weighted by Crippen LogP contribution is 2.32. The second-order valence-corrected chi connectivity index (χ2v) is 9.90. The average Bonchev–Trinajstić information content (AvgIpc) is 2.85. The molecule has 2 aliphatic heterocycles. The molecule has 39 heavy (non-hydrogen) atoms. The van der Waals surface area contributed by atoms with Gasteiger partial charge in [0.05, 0.1) is 0 Å². The Morgan fingerprint density at radius 3 is 2.21 bits per heavy atom. The van der Waals surface area contributed by atoms with Crippen LogP contribution in [0.15, 0.2) is 79.1 Å².